The Labute approximate surface area is 187 Å². The highest BCUT2D eigenvalue weighted by Gasteiger charge is 2.24. The number of nitrogens with zero attached hydrogens (tertiary/aromatic N) is 2. The lowest BCUT2D eigenvalue weighted by Gasteiger charge is -2.39. The van der Waals surface area contributed by atoms with Crippen molar-refractivity contribution < 1.29 is 9.53 Å². The van der Waals surface area contributed by atoms with Crippen molar-refractivity contribution in [3.05, 3.63) is 51.6 Å². The van der Waals surface area contributed by atoms with Crippen molar-refractivity contribution in [2.75, 3.05) is 18.8 Å². The fourth-order valence-corrected chi connectivity index (χ4v) is 4.34. The molecule has 1 aliphatic rings. The number of nitrogens with two attached hydrogens (primary N) is 1. The normalized spacial score (nSPS) is 19.5. The minimum absolute atomic E-state index is 0.125. The molecule has 0 saturated carbocycles. The summed E-state index contributed by atoms with van der Waals surface area (Å²) < 4.78 is 5.76. The molecule has 3 rings (SSSR count). The molecule has 8 heteroatoms. The third kappa shape index (κ3) is 5.56. The molecule has 1 fully saturated rings. The SMILES string of the molecule is C[C@@H]1CCC[C@H](C)N1CCNC(=O)c1cnc(N)c(OCc2c(Cl)cccc2Cl)c1. The van der Waals surface area contributed by atoms with Crippen LogP contribution in [0.15, 0.2) is 30.5 Å². The van der Waals surface area contributed by atoms with Crippen molar-refractivity contribution in [3.8, 4) is 5.75 Å². The van der Waals surface area contributed by atoms with Gasteiger partial charge in [0.2, 0.25) is 0 Å². The zero-order valence-electron chi connectivity index (χ0n) is 17.3. The summed E-state index contributed by atoms with van der Waals surface area (Å²) in [6, 6.07) is 7.92. The highest BCUT2D eigenvalue weighted by atomic mass is 35.5. The average molecular weight is 451 g/mol. The molecule has 1 amide bonds. The third-order valence-corrected chi connectivity index (χ3v) is 6.32. The Morgan fingerprint density at radius 3 is 2.60 bits per heavy atom. The van der Waals surface area contributed by atoms with E-state index in [4.69, 9.17) is 33.7 Å². The van der Waals surface area contributed by atoms with Gasteiger partial charge in [-0.15, -0.1) is 0 Å². The Bertz CT molecular complexity index is 863. The van der Waals surface area contributed by atoms with E-state index in [9.17, 15) is 4.79 Å². The second kappa shape index (κ2) is 10.3. The number of carbonyl (C=O) groups is 1. The fraction of sp³-hybridized carbons (Fsp3) is 0.455. The molecule has 0 radical (unpaired) electrons. The van der Waals surface area contributed by atoms with Gasteiger partial charge in [0.1, 0.15) is 6.61 Å². The van der Waals surface area contributed by atoms with Crippen LogP contribution in [0.2, 0.25) is 10.0 Å². The van der Waals surface area contributed by atoms with Crippen LogP contribution < -0.4 is 15.8 Å². The lowest BCUT2D eigenvalue weighted by Crippen LogP contribution is -2.47. The standard InChI is InChI=1S/C22H28Cl2N4O2/c1-14-5-3-6-15(2)28(14)10-9-26-22(29)16-11-20(21(25)27-12-16)30-13-17-18(23)7-4-8-19(17)24/h4,7-8,11-12,14-15H,3,5-6,9-10,13H2,1-2H3,(H2,25,27)(H,26,29)/t14-,15+. The van der Waals surface area contributed by atoms with E-state index in [1.54, 1.807) is 24.3 Å². The predicted octanol–water partition coefficient (Wildman–Crippen LogP) is 4.54. The number of amides is 1. The van der Waals surface area contributed by atoms with Gasteiger partial charge in [-0.05, 0) is 44.9 Å². The van der Waals surface area contributed by atoms with Crippen molar-refractivity contribution in [3.63, 3.8) is 0 Å². The number of carbonyl (C=O) groups excluding carboxylic acids is 1. The number of rotatable bonds is 7. The van der Waals surface area contributed by atoms with Crippen molar-refractivity contribution in [1.29, 1.82) is 0 Å². The van der Waals surface area contributed by atoms with Gasteiger partial charge in [-0.25, -0.2) is 4.98 Å². The quantitative estimate of drug-likeness (QED) is 0.646. The maximum atomic E-state index is 12.6. The first-order valence-electron chi connectivity index (χ1n) is 10.2. The first-order chi connectivity index (χ1) is 14.4. The highest BCUT2D eigenvalue weighted by Crippen LogP contribution is 2.28. The van der Waals surface area contributed by atoms with Gasteiger partial charge in [0.25, 0.3) is 5.91 Å². The minimum atomic E-state index is -0.208. The Morgan fingerprint density at radius 2 is 1.93 bits per heavy atom. The van der Waals surface area contributed by atoms with Gasteiger partial charge in [-0.1, -0.05) is 35.7 Å². The maximum Gasteiger partial charge on any atom is 0.253 e. The number of nitrogen functional groups attached to an aromatic ring is 1. The first kappa shape index (κ1) is 22.7. The number of likely N-dealkylation sites (tertiary alicyclic amines) is 1. The number of hydrogen-bond donors (Lipinski definition) is 2. The molecule has 0 aliphatic carbocycles. The van der Waals surface area contributed by atoms with E-state index in [1.165, 1.54) is 25.5 Å². The molecule has 2 heterocycles. The molecule has 1 aromatic heterocycles. The molecular formula is C22H28Cl2N4O2. The average Bonchev–Trinajstić information content (AvgIpc) is 2.71. The van der Waals surface area contributed by atoms with Gasteiger partial charge in [-0.3, -0.25) is 9.69 Å². The molecule has 2 aromatic rings. The summed E-state index contributed by atoms with van der Waals surface area (Å²) in [5.41, 5.74) is 6.96. The van der Waals surface area contributed by atoms with Gasteiger partial charge >= 0.3 is 0 Å². The number of ether oxygens (including phenoxy) is 1. The van der Waals surface area contributed by atoms with Crippen LogP contribution in [0.25, 0.3) is 0 Å². The van der Waals surface area contributed by atoms with E-state index in [1.807, 2.05) is 0 Å². The number of pyridine rings is 1. The summed E-state index contributed by atoms with van der Waals surface area (Å²) in [7, 11) is 0. The first-order valence-corrected chi connectivity index (χ1v) is 11.0. The molecule has 1 aliphatic heterocycles. The van der Waals surface area contributed by atoms with Crippen LogP contribution in [-0.4, -0.2) is 41.0 Å². The molecule has 0 bridgehead atoms. The molecule has 6 nitrogen and oxygen atoms in total. The molecule has 0 unspecified atom stereocenters. The number of aromatic nitrogens is 1. The van der Waals surface area contributed by atoms with Gasteiger partial charge in [0, 0.05) is 47.0 Å². The lowest BCUT2D eigenvalue weighted by molar-refractivity contribution is 0.0888. The molecular weight excluding hydrogens is 423 g/mol. The zero-order chi connectivity index (χ0) is 21.7. The van der Waals surface area contributed by atoms with E-state index in [0.717, 1.165) is 6.54 Å². The molecule has 30 heavy (non-hydrogen) atoms. The van der Waals surface area contributed by atoms with Crippen molar-refractivity contribution in [1.82, 2.24) is 15.2 Å². The molecule has 2 atom stereocenters. The maximum absolute atomic E-state index is 12.6. The molecule has 0 spiro atoms. The summed E-state index contributed by atoms with van der Waals surface area (Å²) in [5.74, 6) is 0.308. The molecule has 3 N–H and O–H groups in total. The second-order valence-corrected chi connectivity index (χ2v) is 8.53. The second-order valence-electron chi connectivity index (χ2n) is 7.72. The highest BCUT2D eigenvalue weighted by molar-refractivity contribution is 6.35. The van der Waals surface area contributed by atoms with E-state index >= 15 is 0 Å². The smallest absolute Gasteiger partial charge is 0.253 e. The summed E-state index contributed by atoms with van der Waals surface area (Å²) >= 11 is 12.4. The van der Waals surface area contributed by atoms with E-state index < -0.39 is 0 Å². The number of piperidine rings is 1. The van der Waals surface area contributed by atoms with E-state index in [-0.39, 0.29) is 18.3 Å². The number of nitrogens with one attached hydrogen (secondary N) is 1. The van der Waals surface area contributed by atoms with Crippen molar-refractivity contribution in [2.45, 2.75) is 51.8 Å². The monoisotopic (exact) mass is 450 g/mol. The van der Waals surface area contributed by atoms with Gasteiger partial charge in [0.15, 0.2) is 11.6 Å². The molecule has 162 valence electrons. The van der Waals surface area contributed by atoms with Gasteiger partial charge in [-0.2, -0.15) is 0 Å². The number of halogens is 2. The van der Waals surface area contributed by atoms with Crippen molar-refractivity contribution >= 4 is 34.9 Å². The predicted molar refractivity (Wildman–Crippen MR) is 121 cm³/mol. The Hall–Kier alpha value is -2.02. The van der Waals surface area contributed by atoms with E-state index in [0.29, 0.717) is 45.6 Å². The Kier molecular flexibility index (Phi) is 7.81. The van der Waals surface area contributed by atoms with E-state index in [2.05, 4.69) is 29.0 Å². The number of benzene rings is 1. The van der Waals surface area contributed by atoms with Crippen LogP contribution in [0.5, 0.6) is 5.75 Å². The summed E-state index contributed by atoms with van der Waals surface area (Å²) in [6.45, 7) is 6.01. The summed E-state index contributed by atoms with van der Waals surface area (Å²) in [5, 5.41) is 3.97. The number of hydrogen-bond acceptors (Lipinski definition) is 5. The van der Waals surface area contributed by atoms with Gasteiger partial charge in [0.05, 0.1) is 5.56 Å². The van der Waals surface area contributed by atoms with Crippen LogP contribution in [-0.2, 0) is 6.61 Å². The lowest BCUT2D eigenvalue weighted by atomic mass is 9.98. The number of anilines is 1. The summed E-state index contributed by atoms with van der Waals surface area (Å²) in [6.07, 6.45) is 5.13. The topological polar surface area (TPSA) is 80.5 Å². The zero-order valence-corrected chi connectivity index (χ0v) is 18.8. The summed E-state index contributed by atoms with van der Waals surface area (Å²) in [4.78, 5) is 19.1. The minimum Gasteiger partial charge on any atom is -0.485 e. The fourth-order valence-electron chi connectivity index (χ4n) is 3.83. The largest absolute Gasteiger partial charge is 0.485 e. The molecule has 1 saturated heterocycles. The molecule has 1 aromatic carbocycles. The van der Waals surface area contributed by atoms with Crippen LogP contribution in [0.4, 0.5) is 5.82 Å². The Morgan fingerprint density at radius 1 is 1.27 bits per heavy atom. The van der Waals surface area contributed by atoms with Crippen molar-refractivity contribution in [2.24, 2.45) is 0 Å². The third-order valence-electron chi connectivity index (χ3n) is 5.61. The van der Waals surface area contributed by atoms with Crippen LogP contribution in [0.1, 0.15) is 49.0 Å². The van der Waals surface area contributed by atoms with Gasteiger partial charge < -0.3 is 15.8 Å². The van der Waals surface area contributed by atoms with Crippen LogP contribution in [0.3, 0.4) is 0 Å². The van der Waals surface area contributed by atoms with Crippen LogP contribution >= 0.6 is 23.2 Å². The van der Waals surface area contributed by atoms with Crippen LogP contribution in [0, 0.1) is 0 Å². The Balaban J connectivity index is 1.59.